The molecule has 8 rings (SSSR count). The zero-order valence-corrected chi connectivity index (χ0v) is 44.1. The molecular formula is C63H83N3O8. The number of aliphatic hydroxyl groups is 5. The monoisotopic (exact) mass is 1010 g/mol. The van der Waals surface area contributed by atoms with Crippen LogP contribution in [0.3, 0.4) is 0 Å². The fraction of sp³-hybridized carbons (Fsp3) is 0.524. The highest BCUT2D eigenvalue weighted by molar-refractivity contribution is 5.99. The highest BCUT2D eigenvalue weighted by atomic mass is 16.3. The van der Waals surface area contributed by atoms with Crippen LogP contribution in [0.25, 0.3) is 0 Å². The Kier molecular flexibility index (Phi) is 18.2. The van der Waals surface area contributed by atoms with E-state index in [2.05, 4.69) is 43.2 Å². The molecule has 3 saturated carbocycles. The van der Waals surface area contributed by atoms with Crippen LogP contribution >= 0.6 is 0 Å². The lowest BCUT2D eigenvalue weighted by Crippen LogP contribution is -2.59. The van der Waals surface area contributed by atoms with Crippen molar-refractivity contribution in [2.75, 3.05) is 13.2 Å². The van der Waals surface area contributed by atoms with Gasteiger partial charge in [0.15, 0.2) is 5.78 Å². The van der Waals surface area contributed by atoms with Gasteiger partial charge in [-0.05, 0) is 179 Å². The average molecular weight is 1010 g/mol. The first kappa shape index (κ1) is 55.3. The van der Waals surface area contributed by atoms with E-state index in [0.717, 1.165) is 78.4 Å². The molecule has 0 aromatic heterocycles. The minimum absolute atomic E-state index is 0.00460. The number of carbonyl (C=O) groups is 2. The van der Waals surface area contributed by atoms with Gasteiger partial charge in [-0.2, -0.15) is 0 Å². The third kappa shape index (κ3) is 12.3. The number of hydrogen-bond acceptors (Lipinski definition) is 10. The maximum Gasteiger partial charge on any atom is 0.243 e. The number of phenolic OH excluding ortho intramolecular Hbond substituents is 1. The Morgan fingerprint density at radius 1 is 0.905 bits per heavy atom. The number of hydrogen-bond donors (Lipinski definition) is 9. The summed E-state index contributed by atoms with van der Waals surface area (Å²) in [6.07, 6.45) is 14.7. The van der Waals surface area contributed by atoms with Crippen LogP contribution in [-0.4, -0.2) is 79.4 Å². The Hall–Kier alpha value is -4.98. The first-order valence-corrected chi connectivity index (χ1v) is 27.6. The standard InChI is InChI=1S/C63H83N3O8/c1-39(2)12-8-13-40(3)14-9-20-46(38-67)50-29-31-63(59(50)72)53-27-26-49(69)35-43-16-10-15-42(32-43)34-47(33-41-22-24-48(68)25-23-41)55(71)37-65-58-57-45(19-11-21-52(57)60(64)66-61(58)73)36-54(70)56(44-17-6-5-7-18-44)51(53)28-30-62(63,4)74/h9-12,14-16,19-25,32,44,47,49-50,53,55,58-60,65,67-69,71-72,74H,3,5-8,13,17-18,26-31,33-38,64H2,1-2,4H3,(H,66,73)/b14-9+,46-20-,56-51+/t47-,49-,50+,53+,55+,58+,59+,60+,62+,63+/m0/s1. The van der Waals surface area contributed by atoms with Gasteiger partial charge in [-0.15, -0.1) is 0 Å². The molecular weight excluding hydrogens is 927 g/mol. The highest BCUT2D eigenvalue weighted by Gasteiger charge is 2.64. The quantitative estimate of drug-likeness (QED) is 0.0697. The number of Topliss-reactive ketones (excluding diaryl/α,β-unsaturated/α-hetero) is 1. The second-order valence-corrected chi connectivity index (χ2v) is 23.0. The molecule has 3 aliphatic carbocycles. The van der Waals surface area contributed by atoms with Crippen LogP contribution in [0.2, 0.25) is 0 Å². The molecule has 1 amide bonds. The summed E-state index contributed by atoms with van der Waals surface area (Å²) in [5, 5.41) is 77.6. The van der Waals surface area contributed by atoms with Crippen molar-refractivity contribution in [3.05, 3.63) is 159 Å². The van der Waals surface area contributed by atoms with Crippen LogP contribution in [0, 0.1) is 29.1 Å². The van der Waals surface area contributed by atoms with Gasteiger partial charge in [-0.1, -0.05) is 121 Å². The summed E-state index contributed by atoms with van der Waals surface area (Å²) in [6.45, 7) is 10.0. The van der Waals surface area contributed by atoms with Crippen molar-refractivity contribution in [1.29, 1.82) is 0 Å². The molecule has 2 heterocycles. The van der Waals surface area contributed by atoms with Crippen molar-refractivity contribution in [2.24, 2.45) is 34.8 Å². The number of allylic oxidation sites excluding steroid dienone is 8. The van der Waals surface area contributed by atoms with Gasteiger partial charge in [0.2, 0.25) is 5.91 Å². The summed E-state index contributed by atoms with van der Waals surface area (Å²) in [5.41, 5.74) is 13.7. The Morgan fingerprint density at radius 2 is 1.64 bits per heavy atom. The highest BCUT2D eigenvalue weighted by Crippen LogP contribution is 2.63. The summed E-state index contributed by atoms with van der Waals surface area (Å²) in [6, 6.07) is 19.8. The number of fused-ring (bicyclic) bond motifs is 4. The van der Waals surface area contributed by atoms with Crippen LogP contribution in [0.5, 0.6) is 5.75 Å². The Bertz CT molecular complexity index is 2600. The summed E-state index contributed by atoms with van der Waals surface area (Å²) in [5.74, 6) is -1.51. The number of rotatable bonds is 10. The minimum atomic E-state index is -1.35. The van der Waals surface area contributed by atoms with Gasteiger partial charge in [0.05, 0.1) is 30.5 Å². The number of nitrogens with one attached hydrogen (secondary N) is 2. The Labute approximate surface area is 439 Å². The number of ketones is 1. The van der Waals surface area contributed by atoms with Crippen molar-refractivity contribution < 1.29 is 40.2 Å². The predicted octanol–water partition coefficient (Wildman–Crippen LogP) is 8.95. The Morgan fingerprint density at radius 3 is 2.36 bits per heavy atom. The first-order chi connectivity index (χ1) is 35.5. The van der Waals surface area contributed by atoms with E-state index in [-0.39, 0.29) is 48.8 Å². The van der Waals surface area contributed by atoms with Crippen molar-refractivity contribution in [2.45, 2.75) is 166 Å². The van der Waals surface area contributed by atoms with Crippen molar-refractivity contribution in [3.8, 4) is 5.75 Å². The molecule has 5 aliphatic rings. The van der Waals surface area contributed by atoms with E-state index in [1.807, 2.05) is 73.7 Å². The van der Waals surface area contributed by atoms with E-state index in [1.165, 1.54) is 5.57 Å². The molecule has 398 valence electrons. The molecule has 74 heavy (non-hydrogen) atoms. The largest absolute Gasteiger partial charge is 0.508 e. The second-order valence-electron chi connectivity index (χ2n) is 23.0. The van der Waals surface area contributed by atoms with Crippen LogP contribution in [0.4, 0.5) is 0 Å². The molecule has 10 atom stereocenters. The third-order valence-electron chi connectivity index (χ3n) is 17.7. The molecule has 3 fully saturated rings. The lowest BCUT2D eigenvalue weighted by molar-refractivity contribution is -0.168. The molecule has 3 aromatic carbocycles. The van der Waals surface area contributed by atoms with Crippen molar-refractivity contribution in [3.63, 3.8) is 0 Å². The molecule has 11 nitrogen and oxygen atoms in total. The molecule has 2 bridgehead atoms. The second kappa shape index (κ2) is 24.3. The normalized spacial score (nSPS) is 31.7. The minimum Gasteiger partial charge on any atom is -0.508 e. The maximum absolute atomic E-state index is 15.8. The maximum atomic E-state index is 15.8. The van der Waals surface area contributed by atoms with Crippen molar-refractivity contribution in [1.82, 2.24) is 10.6 Å². The topological polar surface area (TPSA) is 206 Å². The van der Waals surface area contributed by atoms with E-state index < -0.39 is 53.4 Å². The molecule has 3 aromatic rings. The van der Waals surface area contributed by atoms with Gasteiger partial charge >= 0.3 is 0 Å². The zero-order chi connectivity index (χ0) is 52.7. The van der Waals surface area contributed by atoms with Crippen molar-refractivity contribution >= 4 is 11.7 Å². The van der Waals surface area contributed by atoms with Crippen LogP contribution in [-0.2, 0) is 35.3 Å². The third-order valence-corrected chi connectivity index (χ3v) is 17.7. The summed E-state index contributed by atoms with van der Waals surface area (Å²) in [4.78, 5) is 29.9. The van der Waals surface area contributed by atoms with Crippen LogP contribution in [0.1, 0.15) is 150 Å². The van der Waals surface area contributed by atoms with E-state index >= 15 is 4.79 Å². The fourth-order valence-corrected chi connectivity index (χ4v) is 13.9. The molecule has 0 saturated heterocycles. The van der Waals surface area contributed by atoms with Crippen LogP contribution in [0.15, 0.2) is 125 Å². The molecule has 0 unspecified atom stereocenters. The number of aromatic hydroxyl groups is 1. The molecule has 1 spiro atoms. The van der Waals surface area contributed by atoms with Gasteiger partial charge in [0.25, 0.3) is 0 Å². The molecule has 10 N–H and O–H groups in total. The van der Waals surface area contributed by atoms with Crippen LogP contribution < -0.4 is 16.4 Å². The van der Waals surface area contributed by atoms with Gasteiger partial charge in [-0.3, -0.25) is 14.9 Å². The van der Waals surface area contributed by atoms with E-state index in [1.54, 1.807) is 12.1 Å². The zero-order valence-electron chi connectivity index (χ0n) is 44.1. The number of carbonyl (C=O) groups excluding carboxylic acids is 2. The molecule has 11 heteroatoms. The first-order valence-electron chi connectivity index (χ1n) is 27.6. The fourth-order valence-electron chi connectivity index (χ4n) is 13.9. The van der Waals surface area contributed by atoms with Gasteiger partial charge in [-0.25, -0.2) is 0 Å². The van der Waals surface area contributed by atoms with E-state index in [9.17, 15) is 35.4 Å². The van der Waals surface area contributed by atoms with E-state index in [4.69, 9.17) is 5.73 Å². The van der Waals surface area contributed by atoms with Gasteiger partial charge < -0.3 is 41.7 Å². The SMILES string of the molecule is C=C(/C=C/C=C(/CO)[C@H]1CC[C@@]2([C@@H]3CC[C@H](O)Cc4cccc(c4)C[C@H](Cc4ccc(O)cc4)[C@H](O)CN[C@H]4C(=O)N[C@@H](N)c5cccc(c54)CC(=O)/C(C4CCCCC4)=C/3CC[C@@]2(C)O)[C@@H]1O)CCC=C(C)C. The lowest BCUT2D eigenvalue weighted by Gasteiger charge is -2.56. The predicted molar refractivity (Wildman–Crippen MR) is 292 cm³/mol. The average Bonchev–Trinajstić information content (AvgIpc) is 3.71. The van der Waals surface area contributed by atoms with Gasteiger partial charge in [0.1, 0.15) is 18.0 Å². The number of amides is 1. The van der Waals surface area contributed by atoms with Gasteiger partial charge in [0, 0.05) is 24.3 Å². The summed E-state index contributed by atoms with van der Waals surface area (Å²) >= 11 is 0. The van der Waals surface area contributed by atoms with E-state index in [0.29, 0.717) is 80.1 Å². The molecule has 0 radical (unpaired) electrons. The number of β-amino-alcohol motifs (C(OH)–C–C–N with tert-alkyl or cyclic N) is 1. The summed E-state index contributed by atoms with van der Waals surface area (Å²) < 4.78 is 0. The smallest absolute Gasteiger partial charge is 0.243 e. The number of phenols is 1. The lowest BCUT2D eigenvalue weighted by atomic mass is 9.51. The number of aliphatic hydroxyl groups excluding tert-OH is 4. The molecule has 2 aliphatic heterocycles. The number of benzene rings is 3. The number of nitrogens with two attached hydrogens (primary N) is 1. The Balaban J connectivity index is 1.23. The summed E-state index contributed by atoms with van der Waals surface area (Å²) in [7, 11) is 0.